The molecule has 0 saturated heterocycles. The summed E-state index contributed by atoms with van der Waals surface area (Å²) in [6.07, 6.45) is 0.00123. The summed E-state index contributed by atoms with van der Waals surface area (Å²) in [6.45, 7) is 0.420. The minimum Gasteiger partial charge on any atom is -0.489 e. The number of hydrogen-bond acceptors (Lipinski definition) is 5. The molecule has 10 heteroatoms. The fourth-order valence-electron chi connectivity index (χ4n) is 2.58. The number of thiophene rings is 1. The number of halogens is 2. The van der Waals surface area contributed by atoms with E-state index >= 15 is 0 Å². The van der Waals surface area contributed by atoms with Crippen molar-refractivity contribution in [2.24, 2.45) is 0 Å². The lowest BCUT2D eigenvalue weighted by atomic mass is 10.1. The maximum Gasteiger partial charge on any atom is 0.322 e. The molecule has 0 aliphatic carbocycles. The Bertz CT molecular complexity index is 1100. The van der Waals surface area contributed by atoms with Gasteiger partial charge in [0.2, 0.25) is 0 Å². The Morgan fingerprint density at radius 2 is 1.73 bits per heavy atom. The molecule has 30 heavy (non-hydrogen) atoms. The fraction of sp³-hybridized carbons (Fsp3) is 0.150. The topological polar surface area (TPSA) is 92.7 Å². The zero-order chi connectivity index (χ0) is 21.7. The molecule has 0 fully saturated rings. The molecule has 1 aromatic heterocycles. The van der Waals surface area contributed by atoms with Crippen LogP contribution in [0, 0.1) is 0 Å². The van der Waals surface area contributed by atoms with Gasteiger partial charge in [0.05, 0.1) is 3.79 Å². The number of carboxylic acid groups (broad SMARTS) is 1. The van der Waals surface area contributed by atoms with Crippen LogP contribution in [0.15, 0.2) is 73.1 Å². The number of sulfonamides is 1. The van der Waals surface area contributed by atoms with Gasteiger partial charge in [-0.2, -0.15) is 4.72 Å². The lowest BCUT2D eigenvalue weighted by molar-refractivity contribution is -0.138. The highest BCUT2D eigenvalue weighted by Crippen LogP contribution is 2.34. The summed E-state index contributed by atoms with van der Waals surface area (Å²) in [5, 5.41) is 9.50. The van der Waals surface area contributed by atoms with Crippen molar-refractivity contribution < 1.29 is 23.1 Å². The Kier molecular flexibility index (Phi) is 7.70. The molecule has 2 N–H and O–H groups in total. The second-order valence-electron chi connectivity index (χ2n) is 6.32. The third-order valence-electron chi connectivity index (χ3n) is 4.09. The molecular formula is C20H17Br2NO5S2. The van der Waals surface area contributed by atoms with Crippen molar-refractivity contribution in [1.82, 2.24) is 4.72 Å². The van der Waals surface area contributed by atoms with E-state index in [0.29, 0.717) is 26.2 Å². The Hall–Kier alpha value is -1.72. The second-order valence-corrected chi connectivity index (χ2v) is 11.5. The maximum atomic E-state index is 12.6. The van der Waals surface area contributed by atoms with E-state index < -0.39 is 22.0 Å². The molecule has 6 nitrogen and oxygen atoms in total. The van der Waals surface area contributed by atoms with Gasteiger partial charge in [-0.3, -0.25) is 4.79 Å². The van der Waals surface area contributed by atoms with E-state index in [1.54, 1.807) is 24.3 Å². The van der Waals surface area contributed by atoms with Crippen molar-refractivity contribution in [2.75, 3.05) is 0 Å². The molecule has 0 saturated carbocycles. The first kappa shape index (κ1) is 23.0. The highest BCUT2D eigenvalue weighted by molar-refractivity contribution is 9.13. The number of rotatable bonds is 9. The van der Waals surface area contributed by atoms with Gasteiger partial charge in [0.15, 0.2) is 0 Å². The first-order valence-electron chi connectivity index (χ1n) is 8.70. The Balaban J connectivity index is 1.65. The van der Waals surface area contributed by atoms with E-state index in [0.717, 1.165) is 16.9 Å². The average Bonchev–Trinajstić information content (AvgIpc) is 3.07. The number of carbonyl (C=O) groups is 1. The molecular weight excluding hydrogens is 558 g/mol. The first-order chi connectivity index (χ1) is 14.2. The fourth-order valence-corrected chi connectivity index (χ4v) is 6.61. The van der Waals surface area contributed by atoms with Crippen molar-refractivity contribution >= 4 is 59.2 Å². The maximum absolute atomic E-state index is 12.6. The summed E-state index contributed by atoms with van der Waals surface area (Å²) in [5.41, 5.74) is 1.71. The van der Waals surface area contributed by atoms with Gasteiger partial charge in [0.1, 0.15) is 22.6 Å². The molecule has 0 bridgehead atoms. The molecule has 0 spiro atoms. The van der Waals surface area contributed by atoms with Gasteiger partial charge >= 0.3 is 5.97 Å². The largest absolute Gasteiger partial charge is 0.489 e. The zero-order valence-electron chi connectivity index (χ0n) is 15.4. The van der Waals surface area contributed by atoms with Crippen molar-refractivity contribution in [3.63, 3.8) is 0 Å². The van der Waals surface area contributed by atoms with Crippen molar-refractivity contribution in [3.05, 3.63) is 80.0 Å². The van der Waals surface area contributed by atoms with Crippen molar-refractivity contribution in [1.29, 1.82) is 0 Å². The second kappa shape index (κ2) is 10.1. The quantitative estimate of drug-likeness (QED) is 0.382. The van der Waals surface area contributed by atoms with Crippen molar-refractivity contribution in [2.45, 2.75) is 23.3 Å². The van der Waals surface area contributed by atoms with Gasteiger partial charge in [0, 0.05) is 4.47 Å². The van der Waals surface area contributed by atoms with E-state index in [-0.39, 0.29) is 10.6 Å². The van der Waals surface area contributed by atoms with Crippen molar-refractivity contribution in [3.8, 4) is 5.75 Å². The Labute approximate surface area is 195 Å². The minimum absolute atomic E-state index is 0.00123. The number of hydrogen-bond donors (Lipinski definition) is 2. The monoisotopic (exact) mass is 573 g/mol. The Morgan fingerprint density at radius 3 is 2.30 bits per heavy atom. The lowest BCUT2D eigenvalue weighted by Crippen LogP contribution is -2.42. The summed E-state index contributed by atoms with van der Waals surface area (Å²) in [4.78, 5) is 11.6. The normalized spacial score (nSPS) is 12.5. The van der Waals surface area contributed by atoms with Crippen LogP contribution in [-0.2, 0) is 27.8 Å². The molecule has 0 radical (unpaired) electrons. The molecule has 1 atom stereocenters. The number of carboxylic acids is 1. The number of benzene rings is 2. The predicted octanol–water partition coefficient (Wildman–Crippen LogP) is 4.83. The number of aliphatic carboxylic acids is 1. The molecule has 158 valence electrons. The van der Waals surface area contributed by atoms with E-state index in [1.165, 1.54) is 6.07 Å². The number of ether oxygens (including phenoxy) is 1. The summed E-state index contributed by atoms with van der Waals surface area (Å²) in [6, 6.07) is 16.8. The molecule has 1 heterocycles. The highest BCUT2D eigenvalue weighted by Gasteiger charge is 2.27. The molecule has 0 amide bonds. The van der Waals surface area contributed by atoms with Crippen LogP contribution in [0.25, 0.3) is 0 Å². The third kappa shape index (κ3) is 6.14. The summed E-state index contributed by atoms with van der Waals surface area (Å²) in [7, 11) is -3.97. The molecule has 2 aromatic carbocycles. The highest BCUT2D eigenvalue weighted by atomic mass is 79.9. The van der Waals surface area contributed by atoms with E-state index in [9.17, 15) is 18.3 Å². The van der Waals surface area contributed by atoms with Crippen LogP contribution in [0.5, 0.6) is 5.75 Å². The van der Waals surface area contributed by atoms with Crippen LogP contribution >= 0.6 is 43.2 Å². The number of nitrogens with one attached hydrogen (secondary N) is 1. The molecule has 3 aromatic rings. The lowest BCUT2D eigenvalue weighted by Gasteiger charge is -2.14. The van der Waals surface area contributed by atoms with Gasteiger partial charge in [0.25, 0.3) is 10.0 Å². The van der Waals surface area contributed by atoms with Gasteiger partial charge in [-0.1, -0.05) is 42.5 Å². The van der Waals surface area contributed by atoms with Crippen LogP contribution in [0.2, 0.25) is 0 Å². The zero-order valence-corrected chi connectivity index (χ0v) is 20.2. The minimum atomic E-state index is -3.97. The van der Waals surface area contributed by atoms with E-state index in [4.69, 9.17) is 4.74 Å². The molecule has 3 rings (SSSR count). The standard InChI is InChI=1S/C20H17Br2NO5S2/c21-16-11-18(29-19(16)22)30(26,27)23-17(20(24)25)10-13-6-8-15(9-7-13)28-12-14-4-2-1-3-5-14/h1-9,11,17,23H,10,12H2,(H,24,25). The third-order valence-corrected chi connectivity index (χ3v) is 9.30. The van der Waals surface area contributed by atoms with Gasteiger partial charge < -0.3 is 9.84 Å². The Morgan fingerprint density at radius 1 is 1.07 bits per heavy atom. The smallest absolute Gasteiger partial charge is 0.322 e. The van der Waals surface area contributed by atoms with E-state index in [2.05, 4.69) is 36.6 Å². The SMILES string of the molecule is O=C(O)C(Cc1ccc(OCc2ccccc2)cc1)NS(=O)(=O)c1cc(Br)c(Br)s1. The average molecular weight is 575 g/mol. The van der Waals surface area contributed by atoms with Crippen LogP contribution in [0.3, 0.4) is 0 Å². The van der Waals surface area contributed by atoms with Gasteiger partial charge in [-0.05, 0) is 67.6 Å². The van der Waals surface area contributed by atoms with Gasteiger partial charge in [-0.25, -0.2) is 8.42 Å². The van der Waals surface area contributed by atoms with E-state index in [1.807, 2.05) is 30.3 Å². The molecule has 0 aliphatic rings. The van der Waals surface area contributed by atoms with Crippen LogP contribution in [-0.4, -0.2) is 25.5 Å². The molecule has 0 aliphatic heterocycles. The first-order valence-corrected chi connectivity index (χ1v) is 12.6. The van der Waals surface area contributed by atoms with Crippen LogP contribution in [0.4, 0.5) is 0 Å². The predicted molar refractivity (Wildman–Crippen MR) is 122 cm³/mol. The molecule has 1 unspecified atom stereocenters. The van der Waals surface area contributed by atoms with Gasteiger partial charge in [-0.15, -0.1) is 11.3 Å². The van der Waals surface area contributed by atoms with Crippen LogP contribution < -0.4 is 9.46 Å². The summed E-state index contributed by atoms with van der Waals surface area (Å²) >= 11 is 7.47. The summed E-state index contributed by atoms with van der Waals surface area (Å²) < 4.78 is 34.3. The summed E-state index contributed by atoms with van der Waals surface area (Å²) in [5.74, 6) is -0.610. The van der Waals surface area contributed by atoms with Crippen LogP contribution in [0.1, 0.15) is 11.1 Å².